The van der Waals surface area contributed by atoms with E-state index in [-0.39, 0.29) is 5.60 Å². The molecule has 21 heavy (non-hydrogen) atoms. The molecule has 0 saturated heterocycles. The van der Waals surface area contributed by atoms with Gasteiger partial charge in [-0.25, -0.2) is 0 Å². The van der Waals surface area contributed by atoms with Crippen molar-refractivity contribution >= 4 is 17.2 Å². The summed E-state index contributed by atoms with van der Waals surface area (Å²) in [6.45, 7) is 5.79. The number of nitriles is 1. The van der Waals surface area contributed by atoms with Crippen molar-refractivity contribution in [3.05, 3.63) is 42.0 Å². The third kappa shape index (κ3) is 3.86. The fourth-order valence-electron chi connectivity index (χ4n) is 1.72. The van der Waals surface area contributed by atoms with Gasteiger partial charge in [-0.1, -0.05) is 12.1 Å². The Morgan fingerprint density at radius 3 is 2.57 bits per heavy atom. The first-order valence-corrected chi connectivity index (χ1v) is 6.61. The van der Waals surface area contributed by atoms with Gasteiger partial charge in [0.15, 0.2) is 0 Å². The van der Waals surface area contributed by atoms with Crippen LogP contribution < -0.4 is 15.8 Å². The highest BCUT2D eigenvalue weighted by Crippen LogP contribution is 2.27. The molecule has 0 bridgehead atoms. The molecule has 0 radical (unpaired) electrons. The first-order chi connectivity index (χ1) is 9.89. The molecule has 0 aliphatic heterocycles. The largest absolute Gasteiger partial charge is 0.470 e. The zero-order valence-corrected chi connectivity index (χ0v) is 12.3. The summed E-state index contributed by atoms with van der Waals surface area (Å²) >= 11 is 0. The van der Waals surface area contributed by atoms with E-state index in [2.05, 4.69) is 16.4 Å². The predicted octanol–water partition coefficient (Wildman–Crippen LogP) is 3.46. The molecule has 1 aromatic carbocycles. The van der Waals surface area contributed by atoms with Crippen molar-refractivity contribution in [3.8, 4) is 11.9 Å². The van der Waals surface area contributed by atoms with Crippen LogP contribution in [0.25, 0.3) is 0 Å². The molecule has 0 unspecified atom stereocenters. The molecule has 0 saturated carbocycles. The number of ether oxygens (including phenoxy) is 1. The standard InChI is InChI=1S/C16H18N4O/c1-16(2,3)21-15-12(18)8-9-14(20-15)19-13-7-5-4-6-11(13)10-17/h4-9H,18H2,1-3H3,(H,19,20). The number of nitrogens with one attached hydrogen (secondary N) is 1. The van der Waals surface area contributed by atoms with Crippen LogP contribution >= 0.6 is 0 Å². The number of pyridine rings is 1. The van der Waals surface area contributed by atoms with Crippen LogP contribution in [0.15, 0.2) is 36.4 Å². The lowest BCUT2D eigenvalue weighted by molar-refractivity contribution is 0.125. The molecule has 5 nitrogen and oxygen atoms in total. The quantitative estimate of drug-likeness (QED) is 0.900. The summed E-state index contributed by atoms with van der Waals surface area (Å²) in [6, 6.07) is 12.8. The lowest BCUT2D eigenvalue weighted by Gasteiger charge is -2.21. The number of hydrogen-bond donors (Lipinski definition) is 2. The summed E-state index contributed by atoms with van der Waals surface area (Å²) in [5.41, 5.74) is 7.21. The summed E-state index contributed by atoms with van der Waals surface area (Å²) in [4.78, 5) is 4.36. The minimum atomic E-state index is -0.385. The number of rotatable bonds is 3. The topological polar surface area (TPSA) is 84.0 Å². The third-order valence-corrected chi connectivity index (χ3v) is 2.60. The molecular weight excluding hydrogens is 264 g/mol. The van der Waals surface area contributed by atoms with Crippen LogP contribution in [0.2, 0.25) is 0 Å². The monoisotopic (exact) mass is 282 g/mol. The first kappa shape index (κ1) is 14.7. The molecule has 0 spiro atoms. The Balaban J connectivity index is 2.29. The van der Waals surface area contributed by atoms with Crippen molar-refractivity contribution in [1.82, 2.24) is 4.98 Å². The van der Waals surface area contributed by atoms with E-state index in [4.69, 9.17) is 15.7 Å². The molecule has 0 fully saturated rings. The Morgan fingerprint density at radius 2 is 1.90 bits per heavy atom. The smallest absolute Gasteiger partial charge is 0.239 e. The number of benzene rings is 1. The van der Waals surface area contributed by atoms with Gasteiger partial charge in [-0.2, -0.15) is 10.2 Å². The summed E-state index contributed by atoms with van der Waals surface area (Å²) in [7, 11) is 0. The van der Waals surface area contributed by atoms with Crippen LogP contribution in [0.4, 0.5) is 17.2 Å². The Bertz CT molecular complexity index is 683. The van der Waals surface area contributed by atoms with Gasteiger partial charge in [0.2, 0.25) is 5.88 Å². The van der Waals surface area contributed by atoms with Crippen LogP contribution in [0.5, 0.6) is 5.88 Å². The average Bonchev–Trinajstić information content (AvgIpc) is 2.41. The summed E-state index contributed by atoms with van der Waals surface area (Å²) in [6.07, 6.45) is 0. The fraction of sp³-hybridized carbons (Fsp3) is 0.250. The van der Waals surface area contributed by atoms with Gasteiger partial charge >= 0.3 is 0 Å². The van der Waals surface area contributed by atoms with E-state index in [9.17, 15) is 0 Å². The maximum absolute atomic E-state index is 9.09. The maximum atomic E-state index is 9.09. The minimum Gasteiger partial charge on any atom is -0.470 e. The summed E-state index contributed by atoms with van der Waals surface area (Å²) in [5.74, 6) is 0.952. The van der Waals surface area contributed by atoms with Crippen LogP contribution in [-0.2, 0) is 0 Å². The Labute approximate surface area is 124 Å². The molecule has 5 heteroatoms. The number of nitrogen functional groups attached to an aromatic ring is 1. The molecule has 0 aliphatic rings. The molecule has 0 aliphatic carbocycles. The Kier molecular flexibility index (Phi) is 3.99. The van der Waals surface area contributed by atoms with E-state index in [1.165, 1.54) is 0 Å². The second-order valence-electron chi connectivity index (χ2n) is 5.59. The van der Waals surface area contributed by atoms with Crippen LogP contribution in [0, 0.1) is 11.3 Å². The molecule has 2 rings (SSSR count). The van der Waals surface area contributed by atoms with Crippen molar-refractivity contribution in [2.24, 2.45) is 0 Å². The molecule has 1 heterocycles. The molecule has 0 atom stereocenters. The van der Waals surface area contributed by atoms with E-state index in [0.29, 0.717) is 28.6 Å². The van der Waals surface area contributed by atoms with Gasteiger partial charge in [-0.3, -0.25) is 0 Å². The number of nitrogens with zero attached hydrogens (tertiary/aromatic N) is 2. The van der Waals surface area contributed by atoms with Crippen molar-refractivity contribution in [2.75, 3.05) is 11.1 Å². The molecule has 3 N–H and O–H groups in total. The van der Waals surface area contributed by atoms with E-state index in [1.54, 1.807) is 18.2 Å². The van der Waals surface area contributed by atoms with Gasteiger partial charge in [0.05, 0.1) is 16.9 Å². The second kappa shape index (κ2) is 5.71. The lowest BCUT2D eigenvalue weighted by Crippen LogP contribution is -2.24. The Hall–Kier alpha value is -2.74. The van der Waals surface area contributed by atoms with E-state index < -0.39 is 0 Å². The predicted molar refractivity (Wildman–Crippen MR) is 83.5 cm³/mol. The van der Waals surface area contributed by atoms with Crippen LogP contribution in [-0.4, -0.2) is 10.6 Å². The van der Waals surface area contributed by atoms with E-state index in [1.807, 2.05) is 39.0 Å². The third-order valence-electron chi connectivity index (χ3n) is 2.60. The molecular formula is C16H18N4O. The zero-order chi connectivity index (χ0) is 15.5. The number of para-hydroxylation sites is 1. The number of aromatic nitrogens is 1. The van der Waals surface area contributed by atoms with E-state index >= 15 is 0 Å². The van der Waals surface area contributed by atoms with Gasteiger partial charge in [-0.05, 0) is 45.0 Å². The first-order valence-electron chi connectivity index (χ1n) is 6.61. The highest BCUT2D eigenvalue weighted by atomic mass is 16.5. The fourth-order valence-corrected chi connectivity index (χ4v) is 1.72. The van der Waals surface area contributed by atoms with Gasteiger partial charge in [0.1, 0.15) is 17.5 Å². The number of hydrogen-bond acceptors (Lipinski definition) is 5. The van der Waals surface area contributed by atoms with E-state index in [0.717, 1.165) is 0 Å². The van der Waals surface area contributed by atoms with Gasteiger partial charge < -0.3 is 15.8 Å². The molecule has 2 aromatic rings. The highest BCUT2D eigenvalue weighted by Gasteiger charge is 2.15. The summed E-state index contributed by atoms with van der Waals surface area (Å²) in [5, 5.41) is 12.2. The van der Waals surface area contributed by atoms with Crippen LogP contribution in [0.3, 0.4) is 0 Å². The van der Waals surface area contributed by atoms with Crippen molar-refractivity contribution < 1.29 is 4.74 Å². The van der Waals surface area contributed by atoms with Crippen molar-refractivity contribution in [3.63, 3.8) is 0 Å². The summed E-state index contributed by atoms with van der Waals surface area (Å²) < 4.78 is 5.73. The normalized spacial score (nSPS) is 10.8. The maximum Gasteiger partial charge on any atom is 0.239 e. The Morgan fingerprint density at radius 1 is 1.19 bits per heavy atom. The minimum absolute atomic E-state index is 0.377. The number of nitrogens with two attached hydrogens (primary N) is 1. The number of anilines is 3. The van der Waals surface area contributed by atoms with Gasteiger partial charge in [-0.15, -0.1) is 0 Å². The van der Waals surface area contributed by atoms with Gasteiger partial charge in [0, 0.05) is 0 Å². The van der Waals surface area contributed by atoms with Crippen molar-refractivity contribution in [1.29, 1.82) is 5.26 Å². The van der Waals surface area contributed by atoms with Gasteiger partial charge in [0.25, 0.3) is 0 Å². The average molecular weight is 282 g/mol. The molecule has 108 valence electrons. The van der Waals surface area contributed by atoms with Crippen LogP contribution in [0.1, 0.15) is 26.3 Å². The highest BCUT2D eigenvalue weighted by molar-refractivity contribution is 5.66. The zero-order valence-electron chi connectivity index (χ0n) is 12.3. The molecule has 0 amide bonds. The second-order valence-corrected chi connectivity index (χ2v) is 5.59. The lowest BCUT2D eigenvalue weighted by atomic mass is 10.2. The molecule has 1 aromatic heterocycles. The SMILES string of the molecule is CC(C)(C)Oc1nc(Nc2ccccc2C#N)ccc1N. The van der Waals surface area contributed by atoms with Crippen molar-refractivity contribution in [2.45, 2.75) is 26.4 Å².